The first kappa shape index (κ1) is 19.1. The van der Waals surface area contributed by atoms with Crippen molar-refractivity contribution in [3.05, 3.63) is 66.2 Å². The zero-order valence-corrected chi connectivity index (χ0v) is 15.2. The Morgan fingerprint density at radius 1 is 0.929 bits per heavy atom. The summed E-state index contributed by atoms with van der Waals surface area (Å²) in [4.78, 5) is 36.1. The highest BCUT2D eigenvalue weighted by Crippen LogP contribution is 2.24. The van der Waals surface area contributed by atoms with Gasteiger partial charge < -0.3 is 16.4 Å². The molecule has 28 heavy (non-hydrogen) atoms. The molecular weight excluding hydrogens is 358 g/mol. The number of primary amides is 1. The van der Waals surface area contributed by atoms with E-state index in [1.165, 1.54) is 5.01 Å². The van der Waals surface area contributed by atoms with Crippen molar-refractivity contribution in [1.82, 2.24) is 10.6 Å². The highest BCUT2D eigenvalue weighted by molar-refractivity contribution is 6.40. The van der Waals surface area contributed by atoms with E-state index in [1.54, 1.807) is 36.4 Å². The zero-order valence-electron chi connectivity index (χ0n) is 15.2. The van der Waals surface area contributed by atoms with Gasteiger partial charge in [-0.05, 0) is 24.3 Å². The van der Waals surface area contributed by atoms with Crippen LogP contribution in [-0.2, 0) is 9.59 Å². The van der Waals surface area contributed by atoms with E-state index in [0.29, 0.717) is 11.3 Å². The lowest BCUT2D eigenvalue weighted by Gasteiger charge is -2.20. The van der Waals surface area contributed by atoms with Crippen molar-refractivity contribution in [2.45, 2.75) is 12.5 Å². The van der Waals surface area contributed by atoms with Crippen LogP contribution in [0.4, 0.5) is 5.69 Å². The van der Waals surface area contributed by atoms with Gasteiger partial charge in [0.15, 0.2) is 0 Å². The molecular formula is C20H21N5O3. The summed E-state index contributed by atoms with van der Waals surface area (Å²) in [7, 11) is 0. The van der Waals surface area contributed by atoms with Crippen LogP contribution in [0.1, 0.15) is 16.8 Å². The molecule has 8 heteroatoms. The summed E-state index contributed by atoms with van der Waals surface area (Å²) in [6.45, 7) is 0.511. The largest absolute Gasteiger partial charge is 0.368 e. The molecule has 1 aliphatic heterocycles. The SMILES string of the molecule is NC(=O)C1CC(C(=O)NCCNC(=O)c2ccccc2)=NN1c1ccccc1. The lowest BCUT2D eigenvalue weighted by molar-refractivity contribution is -0.119. The van der Waals surface area contributed by atoms with Gasteiger partial charge in [0.1, 0.15) is 11.8 Å². The highest BCUT2D eigenvalue weighted by atomic mass is 16.2. The Kier molecular flexibility index (Phi) is 6.01. The molecule has 1 unspecified atom stereocenters. The van der Waals surface area contributed by atoms with Gasteiger partial charge >= 0.3 is 0 Å². The number of benzene rings is 2. The first-order valence-electron chi connectivity index (χ1n) is 8.89. The Hall–Kier alpha value is -3.68. The third-order valence-electron chi connectivity index (χ3n) is 4.25. The van der Waals surface area contributed by atoms with Gasteiger partial charge in [0, 0.05) is 25.1 Å². The summed E-state index contributed by atoms with van der Waals surface area (Å²) < 4.78 is 0. The molecule has 0 saturated carbocycles. The van der Waals surface area contributed by atoms with Crippen molar-refractivity contribution < 1.29 is 14.4 Å². The number of carbonyl (C=O) groups is 3. The van der Waals surface area contributed by atoms with Crippen molar-refractivity contribution in [3.63, 3.8) is 0 Å². The summed E-state index contributed by atoms with van der Waals surface area (Å²) in [5.74, 6) is -1.15. The first-order chi connectivity index (χ1) is 13.6. The predicted molar refractivity (Wildman–Crippen MR) is 106 cm³/mol. The lowest BCUT2D eigenvalue weighted by atomic mass is 10.1. The number of nitrogens with one attached hydrogen (secondary N) is 2. The molecule has 0 fully saturated rings. The van der Waals surface area contributed by atoms with Crippen LogP contribution in [0.25, 0.3) is 0 Å². The third kappa shape index (κ3) is 4.53. The Balaban J connectivity index is 1.54. The summed E-state index contributed by atoms with van der Waals surface area (Å²) >= 11 is 0. The normalized spacial score (nSPS) is 15.6. The summed E-state index contributed by atoms with van der Waals surface area (Å²) in [5.41, 5.74) is 6.93. The van der Waals surface area contributed by atoms with E-state index in [1.807, 2.05) is 24.3 Å². The van der Waals surface area contributed by atoms with Crippen molar-refractivity contribution in [3.8, 4) is 0 Å². The number of amides is 3. The molecule has 1 heterocycles. The third-order valence-corrected chi connectivity index (χ3v) is 4.25. The smallest absolute Gasteiger partial charge is 0.267 e. The molecule has 0 saturated heterocycles. The maximum Gasteiger partial charge on any atom is 0.267 e. The maximum atomic E-state index is 12.4. The molecule has 4 N–H and O–H groups in total. The molecule has 2 aromatic rings. The van der Waals surface area contributed by atoms with Gasteiger partial charge in [0.05, 0.1) is 5.69 Å². The van der Waals surface area contributed by atoms with E-state index in [4.69, 9.17) is 5.73 Å². The Morgan fingerprint density at radius 3 is 2.11 bits per heavy atom. The summed E-state index contributed by atoms with van der Waals surface area (Å²) in [6.07, 6.45) is 0.131. The molecule has 144 valence electrons. The number of hydrazone groups is 1. The summed E-state index contributed by atoms with van der Waals surface area (Å²) in [6, 6.07) is 17.2. The van der Waals surface area contributed by atoms with Gasteiger partial charge in [0.25, 0.3) is 11.8 Å². The van der Waals surface area contributed by atoms with Crippen LogP contribution in [0.3, 0.4) is 0 Å². The Bertz CT molecular complexity index is 883. The van der Waals surface area contributed by atoms with Gasteiger partial charge in [-0.1, -0.05) is 36.4 Å². The second-order valence-electron chi connectivity index (χ2n) is 6.23. The second-order valence-corrected chi connectivity index (χ2v) is 6.23. The predicted octanol–water partition coefficient (Wildman–Crippen LogP) is 0.653. The molecule has 0 aromatic heterocycles. The van der Waals surface area contributed by atoms with E-state index >= 15 is 0 Å². The van der Waals surface area contributed by atoms with Crippen molar-refractivity contribution in [1.29, 1.82) is 0 Å². The molecule has 1 atom stereocenters. The fraction of sp³-hybridized carbons (Fsp3) is 0.200. The van der Waals surface area contributed by atoms with Crippen molar-refractivity contribution >= 4 is 29.1 Å². The van der Waals surface area contributed by atoms with Crippen LogP contribution >= 0.6 is 0 Å². The zero-order chi connectivity index (χ0) is 19.9. The first-order valence-corrected chi connectivity index (χ1v) is 8.89. The molecule has 0 aliphatic carbocycles. The van der Waals surface area contributed by atoms with Gasteiger partial charge in [-0.2, -0.15) is 5.10 Å². The fourth-order valence-corrected chi connectivity index (χ4v) is 2.83. The minimum Gasteiger partial charge on any atom is -0.368 e. The molecule has 0 bridgehead atoms. The molecule has 3 amide bonds. The number of hydrogen-bond acceptors (Lipinski definition) is 5. The number of para-hydroxylation sites is 1. The summed E-state index contributed by atoms with van der Waals surface area (Å²) in [5, 5.41) is 11.2. The molecule has 8 nitrogen and oxygen atoms in total. The van der Waals surface area contributed by atoms with Crippen molar-refractivity contribution in [2.75, 3.05) is 18.1 Å². The maximum absolute atomic E-state index is 12.4. The van der Waals surface area contributed by atoms with Gasteiger partial charge in [-0.25, -0.2) is 0 Å². The molecule has 3 rings (SSSR count). The number of anilines is 1. The Labute approximate surface area is 162 Å². The number of nitrogens with two attached hydrogens (primary N) is 1. The molecule has 0 spiro atoms. The topological polar surface area (TPSA) is 117 Å². The van der Waals surface area contributed by atoms with Crippen LogP contribution in [0.2, 0.25) is 0 Å². The van der Waals surface area contributed by atoms with E-state index in [2.05, 4.69) is 15.7 Å². The van der Waals surface area contributed by atoms with Crippen LogP contribution in [0, 0.1) is 0 Å². The number of carbonyl (C=O) groups excluding carboxylic acids is 3. The monoisotopic (exact) mass is 379 g/mol. The average Bonchev–Trinajstić information content (AvgIpc) is 3.18. The van der Waals surface area contributed by atoms with Gasteiger partial charge in [-0.15, -0.1) is 0 Å². The highest BCUT2D eigenvalue weighted by Gasteiger charge is 2.34. The van der Waals surface area contributed by atoms with Gasteiger partial charge in [0.2, 0.25) is 5.91 Å². The second kappa shape index (κ2) is 8.81. The van der Waals surface area contributed by atoms with Crippen LogP contribution in [-0.4, -0.2) is 42.6 Å². The quantitative estimate of drug-likeness (QED) is 0.613. The minimum absolute atomic E-state index is 0.131. The van der Waals surface area contributed by atoms with Crippen LogP contribution in [0.5, 0.6) is 0 Å². The average molecular weight is 379 g/mol. The lowest BCUT2D eigenvalue weighted by Crippen LogP contribution is -2.40. The molecule has 2 aromatic carbocycles. The minimum atomic E-state index is -0.707. The van der Waals surface area contributed by atoms with Crippen molar-refractivity contribution in [2.24, 2.45) is 10.8 Å². The number of rotatable bonds is 7. The van der Waals surface area contributed by atoms with E-state index in [-0.39, 0.29) is 31.1 Å². The van der Waals surface area contributed by atoms with Crippen LogP contribution in [0.15, 0.2) is 65.8 Å². The van der Waals surface area contributed by atoms with E-state index in [9.17, 15) is 14.4 Å². The molecule has 1 aliphatic rings. The van der Waals surface area contributed by atoms with E-state index in [0.717, 1.165) is 0 Å². The number of nitrogens with zero attached hydrogens (tertiary/aromatic N) is 2. The molecule has 0 radical (unpaired) electrons. The standard InChI is InChI=1S/C20H21N5O3/c21-18(26)17-13-16(24-25(17)15-9-5-2-6-10-15)20(28)23-12-11-22-19(27)14-7-3-1-4-8-14/h1-10,17H,11-13H2,(H2,21,26)(H,22,27)(H,23,28). The van der Waals surface area contributed by atoms with Gasteiger partial charge in [-0.3, -0.25) is 19.4 Å². The number of hydrogen-bond donors (Lipinski definition) is 3. The Morgan fingerprint density at radius 2 is 1.50 bits per heavy atom. The van der Waals surface area contributed by atoms with E-state index < -0.39 is 17.9 Å². The fourth-order valence-electron chi connectivity index (χ4n) is 2.83. The van der Waals surface area contributed by atoms with Crippen LogP contribution < -0.4 is 21.4 Å².